The van der Waals surface area contributed by atoms with Gasteiger partial charge in [0.05, 0.1) is 4.75 Å². The molecular weight excluding hydrogens is 270 g/mol. The molecule has 2 rings (SSSR count). The largest absolute Gasteiger partial charge is 0.312 e. The van der Waals surface area contributed by atoms with Crippen LogP contribution in [0.2, 0.25) is 0 Å². The van der Waals surface area contributed by atoms with Crippen LogP contribution in [0.5, 0.6) is 0 Å². The summed E-state index contributed by atoms with van der Waals surface area (Å²) in [5.41, 5.74) is 1.32. The molecule has 0 heterocycles. The molecule has 1 aromatic rings. The maximum atomic E-state index is 12.1. The predicted molar refractivity (Wildman–Crippen MR) is 83.7 cm³/mol. The summed E-state index contributed by atoms with van der Waals surface area (Å²) < 4.78 is 23.5. The summed E-state index contributed by atoms with van der Waals surface area (Å²) in [6.45, 7) is 6.51. The second-order valence-electron chi connectivity index (χ2n) is 6.33. The van der Waals surface area contributed by atoms with Gasteiger partial charge in [-0.25, -0.2) is 8.42 Å². The highest BCUT2D eigenvalue weighted by Crippen LogP contribution is 2.52. The third-order valence-electron chi connectivity index (χ3n) is 4.62. The topological polar surface area (TPSA) is 46.2 Å². The quantitative estimate of drug-likeness (QED) is 0.877. The monoisotopic (exact) mass is 295 g/mol. The van der Waals surface area contributed by atoms with Crippen molar-refractivity contribution in [1.82, 2.24) is 5.32 Å². The van der Waals surface area contributed by atoms with Crippen molar-refractivity contribution in [3.05, 3.63) is 35.9 Å². The molecule has 112 valence electrons. The number of benzene rings is 1. The highest BCUT2D eigenvalue weighted by molar-refractivity contribution is 7.92. The Balaban J connectivity index is 2.21. The molecule has 0 bridgehead atoms. The van der Waals surface area contributed by atoms with Crippen molar-refractivity contribution < 1.29 is 8.42 Å². The number of hydrogen-bond acceptors (Lipinski definition) is 3. The second kappa shape index (κ2) is 5.49. The first-order valence-corrected chi connectivity index (χ1v) is 9.16. The van der Waals surface area contributed by atoms with Crippen LogP contribution in [0.3, 0.4) is 0 Å². The third-order valence-corrected chi connectivity index (χ3v) is 6.79. The van der Waals surface area contributed by atoms with Crippen LogP contribution in [0, 0.1) is 5.92 Å². The normalized spacial score (nSPS) is 24.4. The van der Waals surface area contributed by atoms with Gasteiger partial charge in [0.1, 0.15) is 0 Å². The molecule has 1 saturated carbocycles. The van der Waals surface area contributed by atoms with Gasteiger partial charge in [-0.1, -0.05) is 37.3 Å². The van der Waals surface area contributed by atoms with Gasteiger partial charge in [0.25, 0.3) is 0 Å². The van der Waals surface area contributed by atoms with E-state index in [1.165, 1.54) is 11.8 Å². The molecule has 0 saturated heterocycles. The Morgan fingerprint density at radius 1 is 1.30 bits per heavy atom. The van der Waals surface area contributed by atoms with E-state index in [2.05, 4.69) is 29.6 Å². The summed E-state index contributed by atoms with van der Waals surface area (Å²) in [5, 5.41) is 3.41. The van der Waals surface area contributed by atoms with Crippen LogP contribution in [0.15, 0.2) is 30.3 Å². The fraction of sp³-hybridized carbons (Fsp3) is 0.625. The molecule has 3 nitrogen and oxygen atoms in total. The molecule has 3 unspecified atom stereocenters. The molecule has 0 aliphatic heterocycles. The molecule has 4 heteroatoms. The molecule has 0 amide bonds. The Kier molecular flexibility index (Phi) is 4.26. The van der Waals surface area contributed by atoms with Gasteiger partial charge in [-0.05, 0) is 44.2 Å². The molecule has 1 aliphatic rings. The molecule has 1 N–H and O–H groups in total. The zero-order valence-corrected chi connectivity index (χ0v) is 13.6. The van der Waals surface area contributed by atoms with Crippen molar-refractivity contribution in [2.45, 2.75) is 43.9 Å². The van der Waals surface area contributed by atoms with Crippen LogP contribution in [0.4, 0.5) is 0 Å². The van der Waals surface area contributed by atoms with E-state index in [0.29, 0.717) is 11.8 Å². The van der Waals surface area contributed by atoms with Gasteiger partial charge in [0.2, 0.25) is 0 Å². The van der Waals surface area contributed by atoms with Gasteiger partial charge < -0.3 is 5.32 Å². The maximum Gasteiger partial charge on any atom is 0.154 e. The minimum atomic E-state index is -3.10. The van der Waals surface area contributed by atoms with Gasteiger partial charge in [0, 0.05) is 12.3 Å². The molecule has 1 aliphatic carbocycles. The summed E-state index contributed by atoms with van der Waals surface area (Å²) in [5.74, 6) is 0.892. The first-order chi connectivity index (χ1) is 9.29. The summed E-state index contributed by atoms with van der Waals surface area (Å²) in [6, 6.07) is 10.4. The van der Waals surface area contributed by atoms with Crippen molar-refractivity contribution in [3.8, 4) is 0 Å². The van der Waals surface area contributed by atoms with E-state index in [4.69, 9.17) is 0 Å². The Labute approximate surface area is 122 Å². The van der Waals surface area contributed by atoms with Crippen molar-refractivity contribution in [2.75, 3.05) is 12.8 Å². The number of nitrogens with one attached hydrogen (secondary N) is 1. The zero-order valence-electron chi connectivity index (χ0n) is 12.8. The lowest BCUT2D eigenvalue weighted by atomic mass is 9.95. The SMILES string of the molecule is CCNC(C1CC1c1ccccc1)C(C)(C)S(C)(=O)=O. The Hall–Kier alpha value is -0.870. The number of rotatable bonds is 6. The predicted octanol–water partition coefficient (Wildman–Crippen LogP) is 2.59. The molecule has 1 aromatic carbocycles. The summed E-state index contributed by atoms with van der Waals surface area (Å²) >= 11 is 0. The van der Waals surface area contributed by atoms with E-state index in [9.17, 15) is 8.42 Å². The van der Waals surface area contributed by atoms with Crippen molar-refractivity contribution in [3.63, 3.8) is 0 Å². The van der Waals surface area contributed by atoms with Gasteiger partial charge in [-0.3, -0.25) is 0 Å². The van der Waals surface area contributed by atoms with E-state index in [-0.39, 0.29) is 6.04 Å². The van der Waals surface area contributed by atoms with Gasteiger partial charge in [0.15, 0.2) is 9.84 Å². The fourth-order valence-corrected chi connectivity index (χ4v) is 3.75. The Morgan fingerprint density at radius 2 is 1.90 bits per heavy atom. The van der Waals surface area contributed by atoms with Crippen LogP contribution >= 0.6 is 0 Å². The van der Waals surface area contributed by atoms with E-state index in [0.717, 1.165) is 13.0 Å². The second-order valence-corrected chi connectivity index (χ2v) is 8.92. The van der Waals surface area contributed by atoms with Crippen LogP contribution in [-0.4, -0.2) is 32.0 Å². The number of sulfone groups is 1. The first-order valence-electron chi connectivity index (χ1n) is 7.27. The van der Waals surface area contributed by atoms with Gasteiger partial charge in [-0.15, -0.1) is 0 Å². The average molecular weight is 295 g/mol. The van der Waals surface area contributed by atoms with Crippen LogP contribution in [0.25, 0.3) is 0 Å². The molecule has 0 radical (unpaired) electrons. The van der Waals surface area contributed by atoms with E-state index in [1.54, 1.807) is 0 Å². The van der Waals surface area contributed by atoms with Crippen LogP contribution < -0.4 is 5.32 Å². The fourth-order valence-electron chi connectivity index (χ4n) is 3.03. The average Bonchev–Trinajstić information content (AvgIpc) is 3.15. The minimum Gasteiger partial charge on any atom is -0.312 e. The Morgan fingerprint density at radius 3 is 2.40 bits per heavy atom. The van der Waals surface area contributed by atoms with E-state index < -0.39 is 14.6 Å². The molecule has 1 fully saturated rings. The van der Waals surface area contributed by atoms with E-state index in [1.807, 2.05) is 26.8 Å². The summed E-state index contributed by atoms with van der Waals surface area (Å²) in [4.78, 5) is 0. The van der Waals surface area contributed by atoms with Crippen LogP contribution in [-0.2, 0) is 9.84 Å². The minimum absolute atomic E-state index is 0.00714. The smallest absolute Gasteiger partial charge is 0.154 e. The molecule has 0 spiro atoms. The third kappa shape index (κ3) is 2.91. The molecular formula is C16H25NO2S. The van der Waals surface area contributed by atoms with Crippen molar-refractivity contribution in [1.29, 1.82) is 0 Å². The lowest BCUT2D eigenvalue weighted by Crippen LogP contribution is -2.53. The van der Waals surface area contributed by atoms with Crippen molar-refractivity contribution >= 4 is 9.84 Å². The standard InChI is InChI=1S/C16H25NO2S/c1-5-17-15(16(2,3)20(4,18)19)14-11-13(14)12-9-7-6-8-10-12/h6-10,13-15,17H,5,11H2,1-4H3. The number of hydrogen-bond donors (Lipinski definition) is 1. The van der Waals surface area contributed by atoms with Crippen LogP contribution in [0.1, 0.15) is 38.7 Å². The van der Waals surface area contributed by atoms with Gasteiger partial charge >= 0.3 is 0 Å². The first kappa shape index (κ1) is 15.5. The summed E-state index contributed by atoms with van der Waals surface area (Å²) in [7, 11) is -3.10. The van der Waals surface area contributed by atoms with Crippen molar-refractivity contribution in [2.24, 2.45) is 5.92 Å². The zero-order chi connectivity index (χ0) is 15.0. The lowest BCUT2D eigenvalue weighted by Gasteiger charge is -2.34. The van der Waals surface area contributed by atoms with E-state index >= 15 is 0 Å². The lowest BCUT2D eigenvalue weighted by molar-refractivity contribution is 0.374. The highest BCUT2D eigenvalue weighted by atomic mass is 32.2. The van der Waals surface area contributed by atoms with Gasteiger partial charge in [-0.2, -0.15) is 0 Å². The molecule has 3 atom stereocenters. The molecule has 0 aromatic heterocycles. The summed E-state index contributed by atoms with van der Waals surface area (Å²) in [6.07, 6.45) is 2.41. The highest BCUT2D eigenvalue weighted by Gasteiger charge is 2.52. The molecule has 20 heavy (non-hydrogen) atoms. The maximum absolute atomic E-state index is 12.1. The Bertz CT molecular complexity index is 551.